The molecule has 0 amide bonds. The fraction of sp³-hybridized carbons (Fsp3) is 0.375. The molecule has 1 fully saturated rings. The first-order valence-corrected chi connectivity index (χ1v) is 13.4. The molecule has 17 heteroatoms. The molecule has 41 heavy (non-hydrogen) atoms. The van der Waals surface area contributed by atoms with E-state index in [1.54, 1.807) is 43.9 Å². The first-order valence-electron chi connectivity index (χ1n) is 11.9. The molecule has 1 aliphatic rings. The van der Waals surface area contributed by atoms with Gasteiger partial charge in [0.2, 0.25) is 0 Å². The van der Waals surface area contributed by atoms with E-state index in [1.807, 2.05) is 19.1 Å². The quantitative estimate of drug-likeness (QED) is 0.151. The number of ether oxygens (including phenoxy) is 1. The third-order valence-corrected chi connectivity index (χ3v) is 5.48. The second kappa shape index (κ2) is 22.3. The Hall–Kier alpha value is -2.34. The van der Waals surface area contributed by atoms with Gasteiger partial charge in [-0.2, -0.15) is 0 Å². The highest BCUT2D eigenvalue weighted by molar-refractivity contribution is 7.08. The number of aliphatic imine (C=N–C) groups is 1. The van der Waals surface area contributed by atoms with Crippen molar-refractivity contribution in [3.05, 3.63) is 81.5 Å². The minimum absolute atomic E-state index is 0.0926. The van der Waals surface area contributed by atoms with E-state index in [1.165, 1.54) is 40.7 Å². The Labute approximate surface area is 244 Å². The summed E-state index contributed by atoms with van der Waals surface area (Å²) in [6.45, 7) is 1.55. The molecule has 228 valence electrons. The zero-order valence-corrected chi connectivity index (χ0v) is 26.0. The highest BCUT2D eigenvalue weighted by Crippen LogP contribution is 2.29. The van der Waals surface area contributed by atoms with Crippen LogP contribution in [-0.4, -0.2) is 87.3 Å². The summed E-state index contributed by atoms with van der Waals surface area (Å²) in [4.78, 5) is 58.3. The maximum Gasteiger partial charge on any atom is 0.333 e. The maximum atomic E-state index is 13.0. The molecule has 0 aliphatic carbocycles. The molecule has 3 aromatic rings. The van der Waals surface area contributed by atoms with Gasteiger partial charge in [-0.3, -0.25) is 23.9 Å². The minimum Gasteiger partial charge on any atom is -0.396 e. The van der Waals surface area contributed by atoms with Crippen LogP contribution in [0.4, 0.5) is 0 Å². The standard InChI is InChI=1S/C21H22N4O6.C3H7N.3H3OP/c26-10-6-16-18(28)19(29)20(31-16)24-9-5-17(27)25(21(24)30)12-14-11-13(4-8-22-14)15-3-1-2-7-23-15;1-3-4-2;3*1-2/h1-5,7-9,11,16,18-20,26,28-29H,6,10,12H2;3H,1-2H3;3*1H,2H2. The molecule has 4 rings (SSSR count). The number of nitrogens with zero attached hydrogens (tertiary/aromatic N) is 5. The molecule has 0 aromatic carbocycles. The zero-order valence-electron chi connectivity index (χ0n) is 22.6. The minimum atomic E-state index is -1.38. The van der Waals surface area contributed by atoms with Gasteiger partial charge in [0.05, 0.1) is 24.0 Å². The SMILES string of the molecule is CC=NC.O=c1ccn(C2OC(CCO)C(O)C2O)c(=O)n1Cc1cc(-c2ccccn2)ccn1.OP.OP.OP. The largest absolute Gasteiger partial charge is 0.396 e. The van der Waals surface area contributed by atoms with E-state index in [2.05, 4.69) is 15.0 Å². The number of hydrogen-bond donors (Lipinski definition) is 6. The fourth-order valence-electron chi connectivity index (χ4n) is 3.62. The lowest BCUT2D eigenvalue weighted by atomic mass is 10.1. The highest BCUT2D eigenvalue weighted by Gasteiger charge is 2.43. The first kappa shape index (κ1) is 38.7. The molecule has 1 saturated heterocycles. The second-order valence-corrected chi connectivity index (χ2v) is 7.76. The van der Waals surface area contributed by atoms with Crippen LogP contribution in [0.3, 0.4) is 0 Å². The summed E-state index contributed by atoms with van der Waals surface area (Å²) >= 11 is 0. The van der Waals surface area contributed by atoms with Gasteiger partial charge in [0.15, 0.2) is 6.23 Å². The van der Waals surface area contributed by atoms with E-state index in [9.17, 15) is 19.8 Å². The molecule has 0 bridgehead atoms. The Morgan fingerprint density at radius 3 is 2.22 bits per heavy atom. The summed E-state index contributed by atoms with van der Waals surface area (Å²) in [5.74, 6) is 0. The van der Waals surface area contributed by atoms with Crippen molar-refractivity contribution in [2.45, 2.75) is 44.4 Å². The Kier molecular flexibility index (Phi) is 21.0. The van der Waals surface area contributed by atoms with Crippen molar-refractivity contribution >= 4 is 34.6 Å². The maximum absolute atomic E-state index is 13.0. The van der Waals surface area contributed by atoms with Gasteiger partial charge < -0.3 is 39.7 Å². The summed E-state index contributed by atoms with van der Waals surface area (Å²) < 4.78 is 7.62. The number of rotatable bonds is 6. The molecule has 4 heterocycles. The second-order valence-electron chi connectivity index (χ2n) is 7.76. The van der Waals surface area contributed by atoms with Gasteiger partial charge in [-0.25, -0.2) is 4.79 Å². The topological polar surface area (TPSA) is 213 Å². The molecule has 7 unspecified atom stereocenters. The molecule has 0 radical (unpaired) electrons. The molecule has 14 nitrogen and oxygen atoms in total. The average molecular weight is 634 g/mol. The van der Waals surface area contributed by atoms with Gasteiger partial charge in [-0.05, 0) is 72.2 Å². The van der Waals surface area contributed by atoms with Gasteiger partial charge in [-0.1, -0.05) is 6.07 Å². The Balaban J connectivity index is 0.00000142. The normalized spacial score (nSPS) is 18.9. The Morgan fingerprint density at radius 2 is 1.66 bits per heavy atom. The van der Waals surface area contributed by atoms with E-state index in [4.69, 9.17) is 24.5 Å². The summed E-state index contributed by atoms with van der Waals surface area (Å²) in [6, 6.07) is 10.2. The van der Waals surface area contributed by atoms with Crippen LogP contribution in [-0.2, 0) is 11.3 Å². The third-order valence-electron chi connectivity index (χ3n) is 5.48. The molecule has 0 spiro atoms. The monoisotopic (exact) mass is 633 g/mol. The number of pyridine rings is 2. The van der Waals surface area contributed by atoms with Crippen LogP contribution in [0.1, 0.15) is 25.3 Å². The molecule has 6 N–H and O–H groups in total. The van der Waals surface area contributed by atoms with Gasteiger partial charge in [-0.15, -0.1) is 0 Å². The smallest absolute Gasteiger partial charge is 0.333 e. The Bertz CT molecular complexity index is 1260. The highest BCUT2D eigenvalue weighted by atomic mass is 31.0. The summed E-state index contributed by atoms with van der Waals surface area (Å²) in [5, 5.41) is 29.5. The predicted octanol–water partition coefficient (Wildman–Crippen LogP) is -0.470. The third kappa shape index (κ3) is 11.5. The predicted molar refractivity (Wildman–Crippen MR) is 165 cm³/mol. The number of hydrogen-bond acceptors (Lipinski definition) is 12. The van der Waals surface area contributed by atoms with Crippen molar-refractivity contribution in [3.63, 3.8) is 0 Å². The summed E-state index contributed by atoms with van der Waals surface area (Å²) in [6.07, 6.45) is 1.67. The van der Waals surface area contributed by atoms with Crippen LogP contribution in [0.2, 0.25) is 0 Å². The van der Waals surface area contributed by atoms with Crippen molar-refractivity contribution in [3.8, 4) is 11.3 Å². The van der Waals surface area contributed by atoms with Crippen molar-refractivity contribution in [2.75, 3.05) is 13.7 Å². The number of aromatic nitrogens is 4. The van der Waals surface area contributed by atoms with Gasteiger partial charge in [0.25, 0.3) is 5.56 Å². The van der Waals surface area contributed by atoms with Crippen molar-refractivity contribution in [1.29, 1.82) is 0 Å². The van der Waals surface area contributed by atoms with Crippen LogP contribution in [0.25, 0.3) is 11.3 Å². The van der Waals surface area contributed by atoms with E-state index in [0.717, 1.165) is 20.4 Å². The first-order chi connectivity index (χ1) is 19.9. The van der Waals surface area contributed by atoms with Crippen molar-refractivity contribution < 1.29 is 34.7 Å². The number of aliphatic hydroxyl groups excluding tert-OH is 3. The summed E-state index contributed by atoms with van der Waals surface area (Å²) in [7, 11) is 6.00. The lowest BCUT2D eigenvalue weighted by molar-refractivity contribution is -0.0458. The molecular weight excluding hydrogens is 595 g/mol. The lowest BCUT2D eigenvalue weighted by Crippen LogP contribution is -2.43. The van der Waals surface area contributed by atoms with Crippen LogP contribution in [0.5, 0.6) is 0 Å². The lowest BCUT2D eigenvalue weighted by Gasteiger charge is -2.18. The van der Waals surface area contributed by atoms with E-state index < -0.39 is 35.8 Å². The van der Waals surface area contributed by atoms with E-state index in [-0.39, 0.29) is 19.6 Å². The molecule has 3 aromatic heterocycles. The van der Waals surface area contributed by atoms with Gasteiger partial charge >= 0.3 is 5.69 Å². The van der Waals surface area contributed by atoms with Crippen LogP contribution < -0.4 is 11.2 Å². The Morgan fingerprint density at radius 1 is 1.00 bits per heavy atom. The van der Waals surface area contributed by atoms with Crippen LogP contribution >= 0.6 is 28.4 Å². The molecule has 0 saturated carbocycles. The zero-order chi connectivity index (χ0) is 31.4. The van der Waals surface area contributed by atoms with Crippen molar-refractivity contribution in [1.82, 2.24) is 19.1 Å². The van der Waals surface area contributed by atoms with E-state index >= 15 is 0 Å². The van der Waals surface area contributed by atoms with Crippen molar-refractivity contribution in [2.24, 2.45) is 4.99 Å². The van der Waals surface area contributed by atoms with Gasteiger partial charge in [0, 0.05) is 43.9 Å². The number of aliphatic hydroxyl groups is 3. The average Bonchev–Trinajstić information content (AvgIpc) is 3.31. The van der Waals surface area contributed by atoms with Crippen LogP contribution in [0.15, 0.2) is 69.6 Å². The fourth-order valence-corrected chi connectivity index (χ4v) is 3.62. The molecular formula is C24H38N5O9P3. The van der Waals surface area contributed by atoms with E-state index in [0.29, 0.717) is 5.69 Å². The summed E-state index contributed by atoms with van der Waals surface area (Å²) in [5.41, 5.74) is 0.755. The van der Waals surface area contributed by atoms with Gasteiger partial charge in [0.1, 0.15) is 12.2 Å². The van der Waals surface area contributed by atoms with Crippen LogP contribution in [0, 0.1) is 0 Å². The molecule has 7 atom stereocenters. The molecule has 1 aliphatic heterocycles.